The van der Waals surface area contributed by atoms with Gasteiger partial charge in [0, 0.05) is 31.9 Å². The van der Waals surface area contributed by atoms with Gasteiger partial charge in [0.05, 0.1) is 24.8 Å². The number of para-hydroxylation sites is 1. The molecule has 6 heteroatoms. The Morgan fingerprint density at radius 3 is 2.21 bits per heavy atom. The largest absolute Gasteiger partial charge is 0.494 e. The summed E-state index contributed by atoms with van der Waals surface area (Å²) in [5, 5.41) is 0. The van der Waals surface area contributed by atoms with E-state index in [1.165, 1.54) is 10.6 Å². The van der Waals surface area contributed by atoms with Crippen molar-refractivity contribution in [2.24, 2.45) is 0 Å². The Balaban J connectivity index is 1.41. The lowest BCUT2D eigenvalue weighted by Gasteiger charge is -2.38. The molecule has 0 aliphatic carbocycles. The number of benzene rings is 2. The molecule has 0 saturated carbocycles. The van der Waals surface area contributed by atoms with Gasteiger partial charge in [-0.1, -0.05) is 18.2 Å². The highest BCUT2D eigenvalue weighted by molar-refractivity contribution is 6.22. The number of amides is 2. The molecule has 2 fully saturated rings. The third kappa shape index (κ3) is 3.60. The van der Waals surface area contributed by atoms with Crippen LogP contribution in [0, 0.1) is 0 Å². The summed E-state index contributed by atoms with van der Waals surface area (Å²) in [6.45, 7) is 5.75. The number of imide groups is 1. The number of piperazine rings is 1. The highest BCUT2D eigenvalue weighted by atomic mass is 16.5. The first-order valence-corrected chi connectivity index (χ1v) is 9.81. The van der Waals surface area contributed by atoms with Crippen LogP contribution in [0.5, 0.6) is 5.75 Å². The molecule has 0 radical (unpaired) electrons. The van der Waals surface area contributed by atoms with Gasteiger partial charge in [-0.05, 0) is 43.3 Å². The number of rotatable bonds is 5. The van der Waals surface area contributed by atoms with E-state index in [1.807, 2.05) is 25.1 Å². The summed E-state index contributed by atoms with van der Waals surface area (Å²) < 4.78 is 5.44. The average Bonchev–Trinajstić information content (AvgIpc) is 3.04. The van der Waals surface area contributed by atoms with Crippen LogP contribution in [0.3, 0.4) is 0 Å². The lowest BCUT2D eigenvalue weighted by atomic mass is 10.1. The third-order valence-electron chi connectivity index (χ3n) is 5.41. The van der Waals surface area contributed by atoms with Gasteiger partial charge >= 0.3 is 0 Å². The first-order chi connectivity index (χ1) is 13.7. The second-order valence-corrected chi connectivity index (χ2v) is 7.07. The van der Waals surface area contributed by atoms with Gasteiger partial charge in [0.1, 0.15) is 5.75 Å². The molecule has 0 aromatic heterocycles. The number of carbonyl (C=O) groups excluding carboxylic acids is 2. The van der Waals surface area contributed by atoms with Gasteiger partial charge in [-0.15, -0.1) is 0 Å². The fraction of sp³-hybridized carbons (Fsp3) is 0.364. The normalized spacial score (nSPS) is 20.7. The molecule has 0 unspecified atom stereocenters. The van der Waals surface area contributed by atoms with E-state index < -0.39 is 0 Å². The molecule has 2 aromatic carbocycles. The zero-order chi connectivity index (χ0) is 19.5. The number of ether oxygens (including phenoxy) is 1. The predicted octanol–water partition coefficient (Wildman–Crippen LogP) is 2.54. The summed E-state index contributed by atoms with van der Waals surface area (Å²) >= 11 is 0. The minimum atomic E-state index is -0.364. The molecule has 4 rings (SSSR count). The van der Waals surface area contributed by atoms with Crippen LogP contribution in [0.15, 0.2) is 54.6 Å². The molecular weight excluding hydrogens is 354 g/mol. The molecule has 2 aromatic rings. The fourth-order valence-electron chi connectivity index (χ4n) is 3.96. The van der Waals surface area contributed by atoms with Gasteiger partial charge in [0.2, 0.25) is 5.91 Å². The van der Waals surface area contributed by atoms with E-state index in [9.17, 15) is 9.59 Å². The highest BCUT2D eigenvalue weighted by Crippen LogP contribution is 2.28. The van der Waals surface area contributed by atoms with E-state index in [0.717, 1.165) is 31.9 Å². The van der Waals surface area contributed by atoms with Crippen LogP contribution in [-0.4, -0.2) is 55.5 Å². The monoisotopic (exact) mass is 379 g/mol. The summed E-state index contributed by atoms with van der Waals surface area (Å²) in [6, 6.07) is 17.1. The SMILES string of the molecule is CCOc1ccc(N2C(=O)C[C@H](N3CCN(c4ccccc4)CC3)C2=O)cc1. The second kappa shape index (κ2) is 8.02. The number of carbonyl (C=O) groups is 2. The Morgan fingerprint density at radius 2 is 1.57 bits per heavy atom. The van der Waals surface area contributed by atoms with Crippen LogP contribution in [0.25, 0.3) is 0 Å². The molecule has 146 valence electrons. The smallest absolute Gasteiger partial charge is 0.251 e. The lowest BCUT2D eigenvalue weighted by molar-refractivity contribution is -0.123. The van der Waals surface area contributed by atoms with Crippen LogP contribution in [0.1, 0.15) is 13.3 Å². The van der Waals surface area contributed by atoms with Gasteiger partial charge < -0.3 is 9.64 Å². The van der Waals surface area contributed by atoms with Crippen molar-refractivity contribution in [3.05, 3.63) is 54.6 Å². The summed E-state index contributed by atoms with van der Waals surface area (Å²) in [5.74, 6) is 0.478. The standard InChI is InChI=1S/C22H25N3O3/c1-2-28-19-10-8-18(9-11-19)25-21(26)16-20(22(25)27)24-14-12-23(13-15-24)17-6-4-3-5-7-17/h3-11,20H,2,12-16H2,1H3/t20-/m0/s1. The van der Waals surface area contributed by atoms with Crippen LogP contribution in [-0.2, 0) is 9.59 Å². The van der Waals surface area contributed by atoms with E-state index in [0.29, 0.717) is 12.3 Å². The molecule has 2 amide bonds. The van der Waals surface area contributed by atoms with Crippen molar-refractivity contribution in [1.82, 2.24) is 4.90 Å². The second-order valence-electron chi connectivity index (χ2n) is 7.07. The quantitative estimate of drug-likeness (QED) is 0.748. The Kier molecular flexibility index (Phi) is 5.30. The Morgan fingerprint density at radius 1 is 0.893 bits per heavy atom. The zero-order valence-corrected chi connectivity index (χ0v) is 16.1. The molecule has 0 bridgehead atoms. The molecule has 2 aliphatic heterocycles. The van der Waals surface area contributed by atoms with Gasteiger partial charge in [-0.3, -0.25) is 14.5 Å². The molecule has 2 saturated heterocycles. The average molecular weight is 379 g/mol. The number of hydrogen-bond acceptors (Lipinski definition) is 5. The third-order valence-corrected chi connectivity index (χ3v) is 5.41. The Bertz CT molecular complexity index is 830. The minimum absolute atomic E-state index is 0.123. The van der Waals surface area contributed by atoms with E-state index in [2.05, 4.69) is 21.9 Å². The number of hydrogen-bond donors (Lipinski definition) is 0. The maximum atomic E-state index is 13.0. The summed E-state index contributed by atoms with van der Waals surface area (Å²) in [4.78, 5) is 31.4. The van der Waals surface area contributed by atoms with Crippen molar-refractivity contribution in [2.75, 3.05) is 42.6 Å². The van der Waals surface area contributed by atoms with Gasteiger partial charge in [0.25, 0.3) is 5.91 Å². The molecular formula is C22H25N3O3. The van der Waals surface area contributed by atoms with Crippen molar-refractivity contribution in [2.45, 2.75) is 19.4 Å². The van der Waals surface area contributed by atoms with Crippen LogP contribution >= 0.6 is 0 Å². The van der Waals surface area contributed by atoms with Crippen molar-refractivity contribution in [1.29, 1.82) is 0 Å². The van der Waals surface area contributed by atoms with Crippen LogP contribution < -0.4 is 14.5 Å². The maximum Gasteiger partial charge on any atom is 0.251 e. The highest BCUT2D eigenvalue weighted by Gasteiger charge is 2.43. The first kappa shape index (κ1) is 18.5. The van der Waals surface area contributed by atoms with Crippen LogP contribution in [0.4, 0.5) is 11.4 Å². The molecule has 0 spiro atoms. The van der Waals surface area contributed by atoms with Crippen molar-refractivity contribution in [3.8, 4) is 5.75 Å². The van der Waals surface area contributed by atoms with E-state index >= 15 is 0 Å². The van der Waals surface area contributed by atoms with E-state index in [4.69, 9.17) is 4.74 Å². The van der Waals surface area contributed by atoms with E-state index in [-0.39, 0.29) is 24.3 Å². The number of anilines is 2. The topological polar surface area (TPSA) is 53.1 Å². The van der Waals surface area contributed by atoms with Crippen molar-refractivity contribution < 1.29 is 14.3 Å². The summed E-state index contributed by atoms with van der Waals surface area (Å²) in [6.07, 6.45) is 0.247. The number of nitrogens with zero attached hydrogens (tertiary/aromatic N) is 3. The predicted molar refractivity (Wildman–Crippen MR) is 109 cm³/mol. The van der Waals surface area contributed by atoms with Crippen molar-refractivity contribution >= 4 is 23.2 Å². The molecule has 6 nitrogen and oxygen atoms in total. The van der Waals surface area contributed by atoms with Crippen LogP contribution in [0.2, 0.25) is 0 Å². The molecule has 0 N–H and O–H groups in total. The molecule has 28 heavy (non-hydrogen) atoms. The molecule has 1 atom stereocenters. The Labute approximate surface area is 165 Å². The summed E-state index contributed by atoms with van der Waals surface area (Å²) in [7, 11) is 0. The minimum Gasteiger partial charge on any atom is -0.494 e. The maximum absolute atomic E-state index is 13.0. The first-order valence-electron chi connectivity index (χ1n) is 9.81. The molecule has 2 aliphatic rings. The van der Waals surface area contributed by atoms with Crippen molar-refractivity contribution in [3.63, 3.8) is 0 Å². The van der Waals surface area contributed by atoms with Gasteiger partial charge in [-0.25, -0.2) is 4.90 Å². The van der Waals surface area contributed by atoms with Gasteiger partial charge in [-0.2, -0.15) is 0 Å². The lowest BCUT2D eigenvalue weighted by Crippen LogP contribution is -2.52. The van der Waals surface area contributed by atoms with Gasteiger partial charge in [0.15, 0.2) is 0 Å². The molecule has 2 heterocycles. The van der Waals surface area contributed by atoms with E-state index in [1.54, 1.807) is 24.3 Å². The summed E-state index contributed by atoms with van der Waals surface area (Å²) in [5.41, 5.74) is 1.82. The zero-order valence-electron chi connectivity index (χ0n) is 16.1. The Hall–Kier alpha value is -2.86. The fourth-order valence-corrected chi connectivity index (χ4v) is 3.96.